The first-order valence-corrected chi connectivity index (χ1v) is 6.43. The quantitative estimate of drug-likeness (QED) is 0.839. The highest BCUT2D eigenvalue weighted by atomic mass is 16.3. The zero-order valence-electron chi connectivity index (χ0n) is 10.5. The Morgan fingerprint density at radius 1 is 1.31 bits per heavy atom. The number of rotatable bonds is 4. The molecule has 1 aliphatic rings. The molecule has 16 heavy (non-hydrogen) atoms. The summed E-state index contributed by atoms with van der Waals surface area (Å²) in [4.78, 5) is 0. The molecule has 1 aromatic heterocycles. The average Bonchev–Trinajstić information content (AvgIpc) is 2.65. The summed E-state index contributed by atoms with van der Waals surface area (Å²) in [6.45, 7) is 6.50. The van der Waals surface area contributed by atoms with Crippen LogP contribution in [-0.2, 0) is 6.54 Å². The van der Waals surface area contributed by atoms with Gasteiger partial charge in [-0.3, -0.25) is 0 Å². The fourth-order valence-electron chi connectivity index (χ4n) is 2.65. The summed E-state index contributed by atoms with van der Waals surface area (Å²) in [6.07, 6.45) is 8.74. The lowest BCUT2D eigenvalue weighted by molar-refractivity contribution is 0.206. The van der Waals surface area contributed by atoms with Crippen molar-refractivity contribution in [3.8, 4) is 0 Å². The van der Waals surface area contributed by atoms with Gasteiger partial charge in [0.25, 0.3) is 0 Å². The molecule has 0 spiro atoms. The Bertz CT molecular complexity index is 323. The number of nitrogens with one attached hydrogen (secondary N) is 1. The fraction of sp³-hybridized carbons (Fsp3) is 0.714. The summed E-state index contributed by atoms with van der Waals surface area (Å²) in [5.41, 5.74) is 1.76. The summed E-state index contributed by atoms with van der Waals surface area (Å²) >= 11 is 0. The maximum atomic E-state index is 5.42. The van der Waals surface area contributed by atoms with Crippen molar-refractivity contribution >= 4 is 0 Å². The monoisotopic (exact) mass is 221 g/mol. The van der Waals surface area contributed by atoms with E-state index in [0.717, 1.165) is 18.8 Å². The molecule has 1 N–H and O–H groups in total. The zero-order valence-corrected chi connectivity index (χ0v) is 10.5. The number of aryl methyl sites for hydroxylation is 1. The molecule has 1 fully saturated rings. The molecule has 0 bridgehead atoms. The summed E-state index contributed by atoms with van der Waals surface area (Å²) in [5.74, 6) is 1.08. The molecule has 90 valence electrons. The van der Waals surface area contributed by atoms with Crippen LogP contribution in [0.15, 0.2) is 16.7 Å². The Morgan fingerprint density at radius 3 is 2.69 bits per heavy atom. The van der Waals surface area contributed by atoms with Crippen molar-refractivity contribution in [1.82, 2.24) is 5.32 Å². The minimum Gasteiger partial charge on any atom is -0.468 e. The van der Waals surface area contributed by atoms with Gasteiger partial charge >= 0.3 is 0 Å². The second-order valence-electron chi connectivity index (χ2n) is 5.50. The van der Waals surface area contributed by atoms with E-state index in [1.807, 2.05) is 6.07 Å². The van der Waals surface area contributed by atoms with E-state index >= 15 is 0 Å². The molecule has 0 aromatic carbocycles. The molecular formula is C14H23NO. The van der Waals surface area contributed by atoms with Gasteiger partial charge in [0.15, 0.2) is 0 Å². The molecule has 0 saturated heterocycles. The topological polar surface area (TPSA) is 25.2 Å². The predicted molar refractivity (Wildman–Crippen MR) is 66.3 cm³/mol. The second kappa shape index (κ2) is 5.05. The normalized spacial score (nSPS) is 19.9. The molecule has 2 heteroatoms. The van der Waals surface area contributed by atoms with E-state index in [1.165, 1.54) is 37.7 Å². The van der Waals surface area contributed by atoms with E-state index in [0.29, 0.717) is 5.41 Å². The van der Waals surface area contributed by atoms with Crippen molar-refractivity contribution in [3.05, 3.63) is 23.7 Å². The molecule has 0 aliphatic heterocycles. The van der Waals surface area contributed by atoms with Crippen LogP contribution in [-0.4, -0.2) is 6.54 Å². The van der Waals surface area contributed by atoms with E-state index in [4.69, 9.17) is 4.42 Å². The Labute approximate surface area is 98.4 Å². The first kappa shape index (κ1) is 11.7. The Hall–Kier alpha value is -0.760. The van der Waals surface area contributed by atoms with Gasteiger partial charge in [-0.25, -0.2) is 0 Å². The highest BCUT2D eigenvalue weighted by Gasteiger charge is 2.26. The van der Waals surface area contributed by atoms with E-state index in [2.05, 4.69) is 19.2 Å². The van der Waals surface area contributed by atoms with Crippen LogP contribution in [0.2, 0.25) is 0 Å². The molecule has 0 radical (unpaired) electrons. The summed E-state index contributed by atoms with van der Waals surface area (Å²) < 4.78 is 5.42. The molecule has 1 aromatic rings. The van der Waals surface area contributed by atoms with Gasteiger partial charge in [0, 0.05) is 6.54 Å². The van der Waals surface area contributed by atoms with Crippen LogP contribution < -0.4 is 5.32 Å². The van der Waals surface area contributed by atoms with Gasteiger partial charge in [0.1, 0.15) is 5.76 Å². The predicted octanol–water partition coefficient (Wildman–Crippen LogP) is 3.65. The van der Waals surface area contributed by atoms with Crippen molar-refractivity contribution in [3.63, 3.8) is 0 Å². The van der Waals surface area contributed by atoms with E-state index in [-0.39, 0.29) is 0 Å². The van der Waals surface area contributed by atoms with Crippen LogP contribution in [0, 0.1) is 12.3 Å². The maximum Gasteiger partial charge on any atom is 0.120 e. The Balaban J connectivity index is 1.77. The van der Waals surface area contributed by atoms with Crippen LogP contribution >= 0.6 is 0 Å². The van der Waals surface area contributed by atoms with Crippen molar-refractivity contribution in [2.75, 3.05) is 6.54 Å². The van der Waals surface area contributed by atoms with Crippen LogP contribution in [0.25, 0.3) is 0 Å². The van der Waals surface area contributed by atoms with Gasteiger partial charge in [0.05, 0.1) is 12.8 Å². The first-order valence-electron chi connectivity index (χ1n) is 6.43. The lowest BCUT2D eigenvalue weighted by atomic mass is 9.76. The maximum absolute atomic E-state index is 5.42. The molecule has 0 atom stereocenters. The van der Waals surface area contributed by atoms with Gasteiger partial charge in [-0.2, -0.15) is 0 Å². The van der Waals surface area contributed by atoms with Gasteiger partial charge in [0.2, 0.25) is 0 Å². The number of furan rings is 1. The smallest absolute Gasteiger partial charge is 0.120 e. The minimum atomic E-state index is 0.513. The third-order valence-electron chi connectivity index (χ3n) is 3.87. The van der Waals surface area contributed by atoms with Crippen LogP contribution in [0.3, 0.4) is 0 Å². The van der Waals surface area contributed by atoms with Crippen LogP contribution in [0.4, 0.5) is 0 Å². The fourth-order valence-corrected chi connectivity index (χ4v) is 2.65. The summed E-state index contributed by atoms with van der Waals surface area (Å²) in [5, 5.41) is 3.55. The molecule has 2 nitrogen and oxygen atoms in total. The SMILES string of the molecule is Cc1ccoc1CNCC1(C)CCCCC1. The van der Waals surface area contributed by atoms with E-state index < -0.39 is 0 Å². The minimum absolute atomic E-state index is 0.513. The van der Waals surface area contributed by atoms with Crippen molar-refractivity contribution < 1.29 is 4.42 Å². The molecule has 0 amide bonds. The number of hydrogen-bond acceptors (Lipinski definition) is 2. The van der Waals surface area contributed by atoms with Gasteiger partial charge in [-0.05, 0) is 36.8 Å². The Morgan fingerprint density at radius 2 is 2.06 bits per heavy atom. The van der Waals surface area contributed by atoms with Gasteiger partial charge in [-0.1, -0.05) is 26.2 Å². The highest BCUT2D eigenvalue weighted by molar-refractivity contribution is 5.14. The molecular weight excluding hydrogens is 198 g/mol. The average molecular weight is 221 g/mol. The lowest BCUT2D eigenvalue weighted by Crippen LogP contribution is -2.33. The largest absolute Gasteiger partial charge is 0.468 e. The molecule has 0 unspecified atom stereocenters. The van der Waals surface area contributed by atoms with E-state index in [9.17, 15) is 0 Å². The van der Waals surface area contributed by atoms with Crippen molar-refractivity contribution in [1.29, 1.82) is 0 Å². The van der Waals surface area contributed by atoms with Crippen molar-refractivity contribution in [2.45, 2.75) is 52.5 Å². The van der Waals surface area contributed by atoms with Crippen LogP contribution in [0.1, 0.15) is 50.4 Å². The number of hydrogen-bond donors (Lipinski definition) is 1. The lowest BCUT2D eigenvalue weighted by Gasteiger charge is -2.33. The standard InChI is InChI=1S/C14H23NO/c1-12-6-9-16-13(12)10-15-11-14(2)7-4-3-5-8-14/h6,9,15H,3-5,7-8,10-11H2,1-2H3. The van der Waals surface area contributed by atoms with Gasteiger partial charge in [-0.15, -0.1) is 0 Å². The first-order chi connectivity index (χ1) is 7.70. The van der Waals surface area contributed by atoms with Gasteiger partial charge < -0.3 is 9.73 Å². The molecule has 1 aliphatic carbocycles. The van der Waals surface area contributed by atoms with Crippen LogP contribution in [0.5, 0.6) is 0 Å². The zero-order chi connectivity index (χ0) is 11.4. The third-order valence-corrected chi connectivity index (χ3v) is 3.87. The molecule has 1 saturated carbocycles. The summed E-state index contributed by atoms with van der Waals surface area (Å²) in [7, 11) is 0. The van der Waals surface area contributed by atoms with Crippen molar-refractivity contribution in [2.24, 2.45) is 5.41 Å². The second-order valence-corrected chi connectivity index (χ2v) is 5.50. The molecule has 1 heterocycles. The highest BCUT2D eigenvalue weighted by Crippen LogP contribution is 2.34. The van der Waals surface area contributed by atoms with E-state index in [1.54, 1.807) is 6.26 Å². The molecule has 2 rings (SSSR count). The third kappa shape index (κ3) is 2.88. The summed E-state index contributed by atoms with van der Waals surface area (Å²) in [6, 6.07) is 2.03. The Kier molecular flexibility index (Phi) is 3.70.